The molecule has 0 aliphatic carbocycles. The molecule has 5 nitrogen and oxygen atoms in total. The Morgan fingerprint density at radius 1 is 1.14 bits per heavy atom. The highest BCUT2D eigenvalue weighted by molar-refractivity contribution is 6.30. The predicted molar refractivity (Wildman–Crippen MR) is 110 cm³/mol. The Bertz CT molecular complexity index is 1340. The van der Waals surface area contributed by atoms with Gasteiger partial charge in [-0.25, -0.2) is 9.37 Å². The van der Waals surface area contributed by atoms with Crippen molar-refractivity contribution in [2.45, 2.75) is 6.54 Å². The van der Waals surface area contributed by atoms with Gasteiger partial charge in [0.15, 0.2) is 5.82 Å². The summed E-state index contributed by atoms with van der Waals surface area (Å²) in [5, 5.41) is 1.32. The largest absolute Gasteiger partial charge is 0.342 e. The van der Waals surface area contributed by atoms with E-state index in [0.29, 0.717) is 39.1 Å². The lowest BCUT2D eigenvalue weighted by Crippen LogP contribution is -2.03. The Hall–Kier alpha value is -3.51. The van der Waals surface area contributed by atoms with Crippen molar-refractivity contribution in [3.8, 4) is 0 Å². The second kappa shape index (κ2) is 6.83. The first-order valence-electron chi connectivity index (χ1n) is 8.96. The number of carbonyl (C=O) groups excluding carboxylic acids is 1. The van der Waals surface area contributed by atoms with E-state index in [1.165, 1.54) is 12.1 Å². The van der Waals surface area contributed by atoms with E-state index in [-0.39, 0.29) is 17.4 Å². The number of aromatic nitrogens is 4. The number of carbonyl (C=O) groups is 1. The molecule has 0 aliphatic rings. The molecule has 5 rings (SSSR count). The number of pyridine rings is 1. The molecule has 0 fully saturated rings. The minimum absolute atomic E-state index is 0.225. The number of nitrogens with one attached hydrogen (secondary N) is 1. The normalized spacial score (nSPS) is 11.4. The fraction of sp³-hybridized carbons (Fsp3) is 0.0455. The van der Waals surface area contributed by atoms with Gasteiger partial charge in [-0.3, -0.25) is 9.78 Å². The number of imidazole rings is 1. The zero-order chi connectivity index (χ0) is 20.0. The molecule has 0 aliphatic heterocycles. The molecule has 0 saturated heterocycles. The third-order valence-electron chi connectivity index (χ3n) is 4.85. The molecule has 5 aromatic rings. The molecule has 142 valence electrons. The van der Waals surface area contributed by atoms with Crippen molar-refractivity contribution < 1.29 is 9.18 Å². The van der Waals surface area contributed by atoms with E-state index in [1.54, 1.807) is 42.9 Å². The van der Waals surface area contributed by atoms with Gasteiger partial charge in [-0.1, -0.05) is 23.7 Å². The summed E-state index contributed by atoms with van der Waals surface area (Å²) in [7, 11) is 0. The molecule has 3 aromatic heterocycles. The van der Waals surface area contributed by atoms with Gasteiger partial charge >= 0.3 is 0 Å². The minimum Gasteiger partial charge on any atom is -0.342 e. The lowest BCUT2D eigenvalue weighted by atomic mass is 10.1. The van der Waals surface area contributed by atoms with E-state index >= 15 is 0 Å². The Morgan fingerprint density at radius 2 is 1.97 bits per heavy atom. The van der Waals surface area contributed by atoms with Crippen molar-refractivity contribution >= 4 is 39.3 Å². The van der Waals surface area contributed by atoms with E-state index in [1.807, 2.05) is 16.7 Å². The van der Waals surface area contributed by atoms with E-state index in [2.05, 4.69) is 15.0 Å². The van der Waals surface area contributed by atoms with Gasteiger partial charge < -0.3 is 9.55 Å². The van der Waals surface area contributed by atoms with Crippen LogP contribution in [0, 0.1) is 5.82 Å². The van der Waals surface area contributed by atoms with Crippen molar-refractivity contribution in [3.63, 3.8) is 0 Å². The maximum absolute atomic E-state index is 13.9. The van der Waals surface area contributed by atoms with Crippen LogP contribution in [0.25, 0.3) is 21.9 Å². The second-order valence-electron chi connectivity index (χ2n) is 6.77. The number of hydrogen-bond donors (Lipinski definition) is 1. The van der Waals surface area contributed by atoms with Crippen LogP contribution in [0.3, 0.4) is 0 Å². The lowest BCUT2D eigenvalue weighted by molar-refractivity contribution is 0.103. The molecule has 0 unspecified atom stereocenters. The van der Waals surface area contributed by atoms with Gasteiger partial charge in [-0.05, 0) is 42.0 Å². The van der Waals surface area contributed by atoms with Crippen molar-refractivity contribution in [2.75, 3.05) is 0 Å². The van der Waals surface area contributed by atoms with Crippen LogP contribution in [0.1, 0.15) is 21.7 Å². The fourth-order valence-electron chi connectivity index (χ4n) is 3.46. The standard InChI is InChI=1S/C22H14ClFN4O/c23-14-3-1-13(2-4-14)11-28-12-17(16-6-5-15(24)9-20(16)28)21(29)22-26-18-7-8-25-10-19(18)27-22/h1-10,12H,11H2,(H,26,27). The highest BCUT2D eigenvalue weighted by atomic mass is 35.5. The molecule has 0 spiro atoms. The van der Waals surface area contributed by atoms with E-state index in [9.17, 15) is 9.18 Å². The van der Waals surface area contributed by atoms with Gasteiger partial charge in [0.2, 0.25) is 5.78 Å². The van der Waals surface area contributed by atoms with Crippen LogP contribution >= 0.6 is 11.6 Å². The summed E-state index contributed by atoms with van der Waals surface area (Å²) < 4.78 is 15.8. The average Bonchev–Trinajstić information content (AvgIpc) is 3.31. The summed E-state index contributed by atoms with van der Waals surface area (Å²) >= 11 is 5.96. The monoisotopic (exact) mass is 404 g/mol. The fourth-order valence-corrected chi connectivity index (χ4v) is 3.58. The molecular formula is C22H14ClFN4O. The first-order chi connectivity index (χ1) is 14.1. The molecule has 7 heteroatoms. The van der Waals surface area contributed by atoms with Crippen molar-refractivity contribution in [1.82, 2.24) is 19.5 Å². The number of ketones is 1. The molecule has 0 bridgehead atoms. The van der Waals surface area contributed by atoms with Crippen LogP contribution in [0.15, 0.2) is 67.1 Å². The number of benzene rings is 2. The third-order valence-corrected chi connectivity index (χ3v) is 5.11. The van der Waals surface area contributed by atoms with Gasteiger partial charge in [0, 0.05) is 29.3 Å². The van der Waals surface area contributed by atoms with E-state index in [0.717, 1.165) is 5.56 Å². The van der Waals surface area contributed by atoms with Crippen LogP contribution in [0.4, 0.5) is 4.39 Å². The maximum Gasteiger partial charge on any atom is 0.230 e. The molecule has 1 N–H and O–H groups in total. The number of H-pyrrole nitrogens is 1. The Kier molecular flexibility index (Phi) is 4.14. The van der Waals surface area contributed by atoms with Gasteiger partial charge in [-0.2, -0.15) is 0 Å². The van der Waals surface area contributed by atoms with Crippen molar-refractivity contribution in [3.05, 3.63) is 94.9 Å². The summed E-state index contributed by atoms with van der Waals surface area (Å²) in [6, 6.07) is 13.6. The Labute approximate surface area is 169 Å². The number of halogens is 2. The van der Waals surface area contributed by atoms with Crippen molar-refractivity contribution in [1.29, 1.82) is 0 Å². The van der Waals surface area contributed by atoms with Crippen molar-refractivity contribution in [2.24, 2.45) is 0 Å². The Morgan fingerprint density at radius 3 is 2.76 bits per heavy atom. The van der Waals surface area contributed by atoms with E-state index in [4.69, 9.17) is 11.6 Å². The van der Waals surface area contributed by atoms with Gasteiger partial charge in [0.25, 0.3) is 0 Å². The number of fused-ring (bicyclic) bond motifs is 2. The smallest absolute Gasteiger partial charge is 0.230 e. The summed E-state index contributed by atoms with van der Waals surface area (Å²) in [5.41, 5.74) is 3.44. The molecule has 0 radical (unpaired) electrons. The summed E-state index contributed by atoms with van der Waals surface area (Å²) in [5.74, 6) is -0.391. The van der Waals surface area contributed by atoms with Gasteiger partial charge in [0.1, 0.15) is 5.82 Å². The van der Waals surface area contributed by atoms with E-state index < -0.39 is 0 Å². The first-order valence-corrected chi connectivity index (χ1v) is 9.33. The predicted octanol–water partition coefficient (Wildman–Crippen LogP) is 4.98. The zero-order valence-corrected chi connectivity index (χ0v) is 15.8. The minimum atomic E-state index is -0.359. The van der Waals surface area contributed by atoms with Crippen LogP contribution in [-0.4, -0.2) is 25.3 Å². The van der Waals surface area contributed by atoms with Crippen LogP contribution < -0.4 is 0 Å². The maximum atomic E-state index is 13.9. The quantitative estimate of drug-likeness (QED) is 0.429. The number of aromatic amines is 1. The first kappa shape index (κ1) is 17.6. The Balaban J connectivity index is 1.61. The number of hydrogen-bond acceptors (Lipinski definition) is 3. The third kappa shape index (κ3) is 3.17. The van der Waals surface area contributed by atoms with Crippen LogP contribution in [0.2, 0.25) is 5.02 Å². The molecule has 29 heavy (non-hydrogen) atoms. The SMILES string of the molecule is O=C(c1nc2ccncc2[nH]1)c1cn(Cc2ccc(Cl)cc2)c2cc(F)ccc12. The topological polar surface area (TPSA) is 63.6 Å². The van der Waals surface area contributed by atoms with Crippen LogP contribution in [0.5, 0.6) is 0 Å². The van der Waals surface area contributed by atoms with Gasteiger partial charge in [-0.15, -0.1) is 0 Å². The molecular weight excluding hydrogens is 391 g/mol. The number of nitrogens with zero attached hydrogens (tertiary/aromatic N) is 3. The van der Waals surface area contributed by atoms with Crippen LogP contribution in [-0.2, 0) is 6.54 Å². The highest BCUT2D eigenvalue weighted by Crippen LogP contribution is 2.26. The molecule has 3 heterocycles. The second-order valence-corrected chi connectivity index (χ2v) is 7.20. The molecule has 2 aromatic carbocycles. The highest BCUT2D eigenvalue weighted by Gasteiger charge is 2.20. The summed E-state index contributed by atoms with van der Waals surface area (Å²) in [6.45, 7) is 0.481. The molecule has 0 amide bonds. The molecule has 0 saturated carbocycles. The summed E-state index contributed by atoms with van der Waals surface area (Å²) in [4.78, 5) is 24.6. The zero-order valence-electron chi connectivity index (χ0n) is 15.1. The van der Waals surface area contributed by atoms with Gasteiger partial charge in [0.05, 0.1) is 28.3 Å². The average molecular weight is 405 g/mol. The lowest BCUT2D eigenvalue weighted by Gasteiger charge is -2.06. The number of rotatable bonds is 4. The summed E-state index contributed by atoms with van der Waals surface area (Å²) in [6.07, 6.45) is 4.99. The molecule has 0 atom stereocenters.